The minimum absolute atomic E-state index is 0. The van der Waals surface area contributed by atoms with Crippen LogP contribution in [0.15, 0.2) is 25.3 Å². The fraction of sp³-hybridized carbons (Fsp3) is 0.803. The number of aromatic amines is 1. The van der Waals surface area contributed by atoms with Gasteiger partial charge in [0.05, 0.1) is 50.2 Å². The number of aromatic nitrogens is 8. The van der Waals surface area contributed by atoms with E-state index in [0.717, 1.165) is 0 Å². The second-order valence-corrected chi connectivity index (χ2v) is 24.0. The summed E-state index contributed by atoms with van der Waals surface area (Å²) < 4.78 is 72.1. The van der Waals surface area contributed by atoms with Crippen molar-refractivity contribution in [2.24, 2.45) is 0 Å². The molecule has 4 aliphatic rings. The molecule has 24 heteroatoms. The molecule has 0 saturated carbocycles. The van der Waals surface area contributed by atoms with Gasteiger partial charge in [-0.25, -0.2) is 28.2 Å². The predicted octanol–water partition coefficient (Wildman–Crippen LogP) is 7.45. The van der Waals surface area contributed by atoms with Gasteiger partial charge in [0.1, 0.15) is 22.8 Å². The van der Waals surface area contributed by atoms with Gasteiger partial charge in [-0.2, -0.15) is 16.8 Å². The third-order valence-corrected chi connectivity index (χ3v) is 16.8. The molecule has 13 nitrogen and oxygen atoms in total. The number of halogens is 5. The largest absolute Gasteiger partial charge is 1.00 e. The van der Waals surface area contributed by atoms with Crippen molar-refractivity contribution in [1.29, 1.82) is 0 Å². The standard InChI is InChI=1S/2C19H35N2.C13H22N2.C7H10N2.3CH4.BrH.F2HNO4S2.FH.HIS.K.S2/c2*1-3-5-7-11-15-20-17-21(16-12-8-6-4-2)19-14-10-9-13-18(19)20;1-2-3-4-7-10-15-11-14-12-8-5-6-9-13(12)15;1-2-4-7-6(3-1)8-5-9-7;;;;;1-8(4,5)3-9(2,6)7;;1-2;;1-2/h2*17H,3-16H2,1-2H3;11H,2-10H2,1H3;5H,1-4H2,(H,8,9);3*1H4;1H;3H;1H;2H;;/q2*+1;;;;;;;;;;+1;/p-2. The molecule has 494 valence electrons. The topological polar surface area (TPSA) is 144 Å². The van der Waals surface area contributed by atoms with Crippen molar-refractivity contribution < 1.29 is 107 Å². The molecule has 4 aromatic heterocycles. The van der Waals surface area contributed by atoms with Gasteiger partial charge in [-0.05, 0) is 156 Å². The molecule has 4 aromatic rings. The molecule has 0 atom stereocenters. The molecule has 0 amide bonds. The Hall–Kier alpha value is 0.126. The van der Waals surface area contributed by atoms with Crippen LogP contribution in [0.5, 0.6) is 0 Å². The molecule has 0 spiro atoms. The van der Waals surface area contributed by atoms with Crippen LogP contribution in [0, 0.1) is 0 Å². The van der Waals surface area contributed by atoms with E-state index >= 15 is 0 Å². The monoisotopic (exact) mass is 1500 g/mol. The molecule has 0 bridgehead atoms. The van der Waals surface area contributed by atoms with Gasteiger partial charge in [0.25, 0.3) is 0 Å². The van der Waals surface area contributed by atoms with E-state index in [0.29, 0.717) is 0 Å². The summed E-state index contributed by atoms with van der Waals surface area (Å²) in [6.45, 7) is 17.6. The molecule has 0 fully saturated rings. The van der Waals surface area contributed by atoms with Crippen LogP contribution in [0.1, 0.15) is 282 Å². The van der Waals surface area contributed by atoms with Gasteiger partial charge in [0.15, 0.2) is 0 Å². The SMILES string of the molecule is C.C.C.CCCCCCn1c[n+](CCCCCC)c2c1CCCC2.CCCCCCn1c[n+](CCCCCC)c2c1CCCC2.CCCCCCn1cnc2c1CCCC2.O=S(=O)(F)NS(=O)(=O)F.S=S.SI.[Br-].[F-].[K+].c1nc2c([nH]1)CCCC2. The van der Waals surface area contributed by atoms with Gasteiger partial charge in [-0.3, -0.25) is 0 Å². The summed E-state index contributed by atoms with van der Waals surface area (Å²) in [5.41, 5.74) is 12.2. The van der Waals surface area contributed by atoms with E-state index in [4.69, 9.17) is 0 Å². The molecular formula is C61H116BrF3IKN9O4S5+. The Balaban J connectivity index is -0.000000314. The van der Waals surface area contributed by atoms with Crippen molar-refractivity contribution in [3.05, 3.63) is 70.9 Å². The van der Waals surface area contributed by atoms with Crippen molar-refractivity contribution in [3.63, 3.8) is 0 Å². The van der Waals surface area contributed by atoms with Crippen LogP contribution in [0.3, 0.4) is 0 Å². The van der Waals surface area contributed by atoms with Gasteiger partial charge in [-0.15, -0.1) is 9.80 Å². The Labute approximate surface area is 598 Å². The molecule has 8 rings (SSSR count). The number of H-pyrrole nitrogens is 1. The van der Waals surface area contributed by atoms with Gasteiger partial charge in [0, 0.05) is 66.0 Å². The number of imidazole rings is 4. The Bertz CT molecular complexity index is 2230. The second-order valence-electron chi connectivity index (χ2n) is 21.5. The van der Waals surface area contributed by atoms with Crippen LogP contribution in [0.2, 0.25) is 0 Å². The van der Waals surface area contributed by atoms with Crippen molar-refractivity contribution in [3.8, 4) is 0 Å². The van der Waals surface area contributed by atoms with Crippen molar-refractivity contribution in [2.75, 3.05) is 0 Å². The first-order chi connectivity index (χ1) is 38.3. The second kappa shape index (κ2) is 58.0. The van der Waals surface area contributed by atoms with Gasteiger partial charge in [-0.1, -0.05) is 139 Å². The number of hydrogen-bond acceptors (Lipinski definition) is 9. The summed E-state index contributed by atoms with van der Waals surface area (Å²) in [5, 5.41) is 0. The van der Waals surface area contributed by atoms with E-state index in [-0.39, 0.29) is 99.5 Å². The molecule has 4 heterocycles. The van der Waals surface area contributed by atoms with Gasteiger partial charge in [0.2, 0.25) is 12.7 Å². The molecule has 4 aliphatic carbocycles. The van der Waals surface area contributed by atoms with Crippen molar-refractivity contribution >= 4 is 74.2 Å². The molecule has 0 aromatic carbocycles. The number of thiol groups is 1. The predicted molar refractivity (Wildman–Crippen MR) is 358 cm³/mol. The minimum atomic E-state index is -5.49. The Morgan fingerprint density at radius 1 is 0.518 bits per heavy atom. The summed E-state index contributed by atoms with van der Waals surface area (Å²) in [4.78, 5) is 11.9. The Morgan fingerprint density at radius 3 is 1.24 bits per heavy atom. The first-order valence-corrected chi connectivity index (χ1v) is 37.9. The molecule has 0 saturated heterocycles. The quantitative estimate of drug-likeness (QED) is 0.0140. The maximum absolute atomic E-state index is 11.1. The zero-order valence-corrected chi connectivity index (χ0v) is 62.1. The molecule has 85 heavy (non-hydrogen) atoms. The third kappa shape index (κ3) is 40.0. The summed E-state index contributed by atoms with van der Waals surface area (Å²) in [5.74, 6) is 0. The van der Waals surface area contributed by atoms with Crippen LogP contribution >= 0.6 is 31.0 Å². The Morgan fingerprint density at radius 2 is 0.859 bits per heavy atom. The van der Waals surface area contributed by atoms with Crippen LogP contribution in [-0.2, 0) is 127 Å². The molecule has 2 N–H and O–H groups in total. The minimum Gasteiger partial charge on any atom is -1.00 e. The summed E-state index contributed by atoms with van der Waals surface area (Å²) in [6, 6.07) is 0. The number of aryl methyl sites for hydroxylation is 8. The molecule has 0 aliphatic heterocycles. The normalized spacial score (nSPS) is 13.2. The molecular weight excluding hydrogens is 1390 g/mol. The average Bonchev–Trinajstić information content (AvgIpc) is 4.43. The van der Waals surface area contributed by atoms with Crippen molar-refractivity contribution in [1.82, 2.24) is 32.8 Å². The van der Waals surface area contributed by atoms with Gasteiger partial charge >= 0.3 is 72.2 Å². The van der Waals surface area contributed by atoms with E-state index in [1.807, 2.05) is 21.2 Å². The zero-order valence-electron chi connectivity index (χ0n) is 51.0. The van der Waals surface area contributed by atoms with E-state index in [9.17, 15) is 24.6 Å². The van der Waals surface area contributed by atoms with E-state index in [2.05, 4.69) is 124 Å². The maximum atomic E-state index is 11.1. The summed E-state index contributed by atoms with van der Waals surface area (Å²) >= 11 is 9.18. The average molecular weight is 1500 g/mol. The zero-order chi connectivity index (χ0) is 58.2. The number of unbranched alkanes of at least 4 members (excludes halogenated alkanes) is 15. The molecule has 0 radical (unpaired) electrons. The number of nitrogens with zero attached hydrogens (tertiary/aromatic N) is 7. The molecule has 0 unspecified atom stereocenters. The van der Waals surface area contributed by atoms with E-state index < -0.39 is 20.8 Å². The summed E-state index contributed by atoms with van der Waals surface area (Å²) in [6.07, 6.45) is 56.9. The third-order valence-electron chi connectivity index (χ3n) is 15.2. The van der Waals surface area contributed by atoms with Crippen LogP contribution < -0.4 is 86.3 Å². The van der Waals surface area contributed by atoms with Crippen LogP contribution in [-0.4, -0.2) is 45.5 Å². The number of hydrogen-bond donors (Lipinski definition) is 3. The number of rotatable bonds is 27. The van der Waals surface area contributed by atoms with E-state index in [1.54, 1.807) is 29.1 Å². The smallest absolute Gasteiger partial charge is 1.00 e. The summed E-state index contributed by atoms with van der Waals surface area (Å²) in [7, 11) is -7.49. The fourth-order valence-electron chi connectivity index (χ4n) is 11.1. The van der Waals surface area contributed by atoms with Crippen LogP contribution in [0.25, 0.3) is 0 Å². The number of fused-ring (bicyclic) bond motifs is 4. The maximum Gasteiger partial charge on any atom is 1.00 e. The van der Waals surface area contributed by atoms with Gasteiger partial charge < -0.3 is 31.2 Å². The van der Waals surface area contributed by atoms with Crippen molar-refractivity contribution in [2.45, 2.75) is 321 Å². The Kier molecular flexibility index (Phi) is 64.0. The van der Waals surface area contributed by atoms with Crippen LogP contribution in [0.4, 0.5) is 7.77 Å². The fourth-order valence-corrected chi connectivity index (χ4v) is 12.1. The number of nitrogens with one attached hydrogen (secondary N) is 2. The van der Waals surface area contributed by atoms with E-state index in [1.165, 1.54) is 287 Å². The first-order valence-electron chi connectivity index (χ1n) is 30.6. The first kappa shape index (κ1) is 93.8.